The number of hydrogen-bond donors (Lipinski definition) is 2. The van der Waals surface area contributed by atoms with Crippen LogP contribution in [0.1, 0.15) is 27.9 Å². The van der Waals surface area contributed by atoms with Gasteiger partial charge >= 0.3 is 0 Å². The van der Waals surface area contributed by atoms with Crippen LogP contribution in [0.5, 0.6) is 11.5 Å². The number of carbonyl (C=O) groups is 1. The van der Waals surface area contributed by atoms with Crippen LogP contribution in [0.3, 0.4) is 0 Å². The lowest BCUT2D eigenvalue weighted by atomic mass is 10.0. The molecular weight excluding hydrogens is 531 g/mol. The Balaban J connectivity index is 1.99. The van der Waals surface area contributed by atoms with Gasteiger partial charge in [0.1, 0.15) is 22.8 Å². The molecule has 38 heavy (non-hydrogen) atoms. The zero-order valence-corrected chi connectivity index (χ0v) is 22.7. The van der Waals surface area contributed by atoms with Crippen molar-refractivity contribution >= 4 is 43.2 Å². The highest BCUT2D eigenvalue weighted by Crippen LogP contribution is 2.41. The number of thiazole rings is 1. The van der Waals surface area contributed by atoms with E-state index in [1.165, 1.54) is 22.8 Å². The third-order valence-electron chi connectivity index (χ3n) is 5.64. The first-order chi connectivity index (χ1) is 17.9. The number of carbonyl (C=O) groups excluding carboxylic acids is 1. The van der Waals surface area contributed by atoms with Gasteiger partial charge in [-0.25, -0.2) is 17.8 Å². The largest absolute Gasteiger partial charge is 0.456 e. The fraction of sp³-hybridized carbons (Fsp3) is 0.192. The van der Waals surface area contributed by atoms with Crippen molar-refractivity contribution in [2.45, 2.75) is 20.8 Å². The van der Waals surface area contributed by atoms with E-state index in [4.69, 9.17) is 4.74 Å². The minimum Gasteiger partial charge on any atom is -0.456 e. The van der Waals surface area contributed by atoms with E-state index in [0.717, 1.165) is 16.7 Å². The van der Waals surface area contributed by atoms with Crippen LogP contribution in [0.25, 0.3) is 21.3 Å². The number of sulfonamides is 1. The van der Waals surface area contributed by atoms with E-state index in [9.17, 15) is 22.4 Å². The van der Waals surface area contributed by atoms with E-state index in [1.807, 2.05) is 0 Å². The summed E-state index contributed by atoms with van der Waals surface area (Å²) in [6.45, 7) is 8.90. The molecule has 0 bridgehead atoms. The number of halogens is 1. The number of aryl methyl sites for hydroxylation is 3. The van der Waals surface area contributed by atoms with Crippen molar-refractivity contribution in [2.75, 3.05) is 11.3 Å². The molecule has 0 aliphatic carbocycles. The van der Waals surface area contributed by atoms with Gasteiger partial charge in [-0.1, -0.05) is 6.58 Å². The van der Waals surface area contributed by atoms with Crippen LogP contribution in [-0.4, -0.2) is 30.4 Å². The Morgan fingerprint density at radius 1 is 1.21 bits per heavy atom. The second-order valence-electron chi connectivity index (χ2n) is 8.51. The predicted octanol–water partition coefficient (Wildman–Crippen LogP) is 4.85. The van der Waals surface area contributed by atoms with E-state index in [1.54, 1.807) is 46.1 Å². The molecule has 0 saturated heterocycles. The highest BCUT2D eigenvalue weighted by atomic mass is 32.2. The van der Waals surface area contributed by atoms with Crippen LogP contribution in [0, 0.1) is 19.7 Å². The van der Waals surface area contributed by atoms with Crippen molar-refractivity contribution in [3.8, 4) is 22.6 Å². The standard InChI is InChI=1S/C26H25FN4O5S2/c1-6-28-24(32)25-29-21-23(37-25)19(13-31(5)26(21)33)18-12-17(30-38(34,35)7-2)8-9-20(18)36-22-14(3)10-16(27)11-15(22)4/h7-13,30H,2,6H2,1,3-5H3,(H,28,32). The molecule has 0 aliphatic rings. The third-order valence-corrected chi connectivity index (χ3v) is 7.68. The fourth-order valence-electron chi connectivity index (χ4n) is 3.92. The summed E-state index contributed by atoms with van der Waals surface area (Å²) in [6, 6.07) is 7.33. The van der Waals surface area contributed by atoms with E-state index < -0.39 is 27.3 Å². The molecule has 1 amide bonds. The number of fused-ring (bicyclic) bond motifs is 1. The van der Waals surface area contributed by atoms with Crippen LogP contribution in [-0.2, 0) is 17.1 Å². The van der Waals surface area contributed by atoms with Crippen LogP contribution in [0.4, 0.5) is 10.1 Å². The molecule has 4 rings (SSSR count). The van der Waals surface area contributed by atoms with Crippen molar-refractivity contribution in [1.29, 1.82) is 0 Å². The van der Waals surface area contributed by atoms with Crippen molar-refractivity contribution < 1.29 is 22.3 Å². The number of amides is 1. The molecule has 0 saturated carbocycles. The lowest BCUT2D eigenvalue weighted by Gasteiger charge is -2.17. The van der Waals surface area contributed by atoms with Gasteiger partial charge in [-0.3, -0.25) is 14.3 Å². The van der Waals surface area contributed by atoms with Crippen molar-refractivity contribution in [3.05, 3.63) is 80.8 Å². The van der Waals surface area contributed by atoms with E-state index >= 15 is 0 Å². The third kappa shape index (κ3) is 5.31. The number of ether oxygens (including phenoxy) is 1. The van der Waals surface area contributed by atoms with Gasteiger partial charge in [0, 0.05) is 42.0 Å². The van der Waals surface area contributed by atoms with E-state index in [2.05, 4.69) is 21.6 Å². The first kappa shape index (κ1) is 27.0. The summed E-state index contributed by atoms with van der Waals surface area (Å²) in [4.78, 5) is 29.7. The van der Waals surface area contributed by atoms with Gasteiger partial charge in [0.15, 0.2) is 5.01 Å². The van der Waals surface area contributed by atoms with E-state index in [-0.39, 0.29) is 16.2 Å². The Hall–Kier alpha value is -4.03. The number of pyridine rings is 1. The predicted molar refractivity (Wildman–Crippen MR) is 147 cm³/mol. The number of rotatable bonds is 8. The van der Waals surface area contributed by atoms with Gasteiger partial charge in [0.05, 0.1) is 4.70 Å². The number of aromatic nitrogens is 2. The number of benzene rings is 2. The molecule has 0 atom stereocenters. The summed E-state index contributed by atoms with van der Waals surface area (Å²) in [6.07, 6.45) is 1.57. The second-order valence-corrected chi connectivity index (χ2v) is 11.1. The minimum atomic E-state index is -3.82. The molecule has 9 nitrogen and oxygen atoms in total. The Labute approximate surface area is 222 Å². The SMILES string of the molecule is C=CS(=O)(=O)Nc1ccc(Oc2c(C)cc(F)cc2C)c(-c2cn(C)c(=O)c3nc(C(=O)NCC)sc23)c1. The summed E-state index contributed by atoms with van der Waals surface area (Å²) in [5.41, 5.74) is 1.94. The smallest absolute Gasteiger partial charge is 0.280 e. The molecule has 0 spiro atoms. The Bertz CT molecular complexity index is 1740. The zero-order valence-electron chi connectivity index (χ0n) is 21.1. The number of nitrogens with one attached hydrogen (secondary N) is 2. The van der Waals surface area contributed by atoms with E-state index in [0.29, 0.717) is 45.0 Å². The molecular formula is C26H25FN4O5S2. The molecule has 2 aromatic heterocycles. The van der Waals surface area contributed by atoms with Gasteiger partial charge in [0.2, 0.25) is 0 Å². The molecule has 0 aliphatic heterocycles. The monoisotopic (exact) mass is 556 g/mol. The second kappa shape index (κ2) is 10.4. The quantitative estimate of drug-likeness (QED) is 0.320. The average Bonchev–Trinajstić information content (AvgIpc) is 3.30. The molecule has 0 unspecified atom stereocenters. The van der Waals surface area contributed by atoms with Gasteiger partial charge < -0.3 is 14.6 Å². The summed E-state index contributed by atoms with van der Waals surface area (Å²) < 4.78 is 48.7. The van der Waals surface area contributed by atoms with Gasteiger partial charge in [-0.15, -0.1) is 11.3 Å². The van der Waals surface area contributed by atoms with Crippen LogP contribution in [0.15, 0.2) is 53.3 Å². The zero-order chi connectivity index (χ0) is 27.8. The van der Waals surface area contributed by atoms with Crippen molar-refractivity contribution in [3.63, 3.8) is 0 Å². The molecule has 198 valence electrons. The molecule has 2 aromatic carbocycles. The van der Waals surface area contributed by atoms with Crippen LogP contribution >= 0.6 is 11.3 Å². The first-order valence-electron chi connectivity index (χ1n) is 11.5. The van der Waals surface area contributed by atoms with Crippen LogP contribution in [0.2, 0.25) is 0 Å². The Morgan fingerprint density at radius 3 is 2.53 bits per heavy atom. The molecule has 2 N–H and O–H groups in total. The van der Waals surface area contributed by atoms with Crippen molar-refractivity contribution in [2.24, 2.45) is 7.05 Å². The van der Waals surface area contributed by atoms with Gasteiger partial charge in [-0.05, 0) is 62.2 Å². The topological polar surface area (TPSA) is 119 Å². The average molecular weight is 557 g/mol. The normalized spacial score (nSPS) is 11.4. The number of anilines is 1. The lowest BCUT2D eigenvalue weighted by Crippen LogP contribution is -2.22. The maximum Gasteiger partial charge on any atom is 0.280 e. The maximum atomic E-state index is 13.9. The highest BCUT2D eigenvalue weighted by Gasteiger charge is 2.22. The Kier molecular flexibility index (Phi) is 7.38. The highest BCUT2D eigenvalue weighted by molar-refractivity contribution is 7.95. The molecule has 4 aromatic rings. The fourth-order valence-corrected chi connectivity index (χ4v) is 5.45. The summed E-state index contributed by atoms with van der Waals surface area (Å²) in [7, 11) is -2.27. The summed E-state index contributed by atoms with van der Waals surface area (Å²) in [5, 5.41) is 3.58. The number of nitrogens with zero attached hydrogens (tertiary/aromatic N) is 2. The molecule has 0 fully saturated rings. The van der Waals surface area contributed by atoms with Crippen LogP contribution < -0.4 is 20.3 Å². The molecule has 2 heterocycles. The molecule has 12 heteroatoms. The minimum absolute atomic E-state index is 0.0911. The lowest BCUT2D eigenvalue weighted by molar-refractivity contribution is 0.0955. The first-order valence-corrected chi connectivity index (χ1v) is 13.8. The molecule has 0 radical (unpaired) electrons. The summed E-state index contributed by atoms with van der Waals surface area (Å²) in [5.74, 6) is -0.0648. The Morgan fingerprint density at radius 2 is 1.89 bits per heavy atom. The van der Waals surface area contributed by atoms with Crippen molar-refractivity contribution in [1.82, 2.24) is 14.9 Å². The summed E-state index contributed by atoms with van der Waals surface area (Å²) >= 11 is 1.04. The maximum absolute atomic E-state index is 13.9. The van der Waals surface area contributed by atoms with Gasteiger partial charge in [0.25, 0.3) is 21.5 Å². The van der Waals surface area contributed by atoms with Gasteiger partial charge in [-0.2, -0.15) is 0 Å². The number of hydrogen-bond acceptors (Lipinski definition) is 7.